The van der Waals surface area contributed by atoms with Gasteiger partial charge in [-0.3, -0.25) is 4.79 Å². The first-order chi connectivity index (χ1) is 9.47. The number of hydrogen-bond acceptors (Lipinski definition) is 2. The van der Waals surface area contributed by atoms with E-state index < -0.39 is 0 Å². The molecule has 1 heterocycles. The number of fused-ring (bicyclic) bond motifs is 1. The van der Waals surface area contributed by atoms with Gasteiger partial charge in [-0.1, -0.05) is 19.9 Å². The first kappa shape index (κ1) is 14.6. The van der Waals surface area contributed by atoms with Crippen molar-refractivity contribution in [1.29, 1.82) is 0 Å². The summed E-state index contributed by atoms with van der Waals surface area (Å²) in [5.41, 5.74) is 3.38. The molecule has 0 unspecified atom stereocenters. The Morgan fingerprint density at radius 2 is 2.15 bits per heavy atom. The van der Waals surface area contributed by atoms with Gasteiger partial charge in [0.2, 0.25) is 5.91 Å². The molecule has 0 atom stereocenters. The van der Waals surface area contributed by atoms with Crippen LogP contribution in [0.3, 0.4) is 0 Å². The summed E-state index contributed by atoms with van der Waals surface area (Å²) in [6, 6.07) is 6.32. The van der Waals surface area contributed by atoms with Crippen LogP contribution in [0.25, 0.3) is 11.0 Å². The lowest BCUT2D eigenvalue weighted by atomic mass is 10.1. The van der Waals surface area contributed by atoms with Crippen LogP contribution in [0, 0.1) is 12.8 Å². The maximum absolute atomic E-state index is 11.6. The molecule has 0 saturated heterocycles. The standard InChI is InChI=1S/C16H23N3O/c1-11(2)9-16(20)17-8-7-13-5-6-15-14(10-13)18-12(3)19(15)4/h5-6,10-11H,7-9H2,1-4H3,(H,17,20). The molecule has 4 heteroatoms. The van der Waals surface area contributed by atoms with Gasteiger partial charge in [0.15, 0.2) is 0 Å². The van der Waals surface area contributed by atoms with E-state index in [-0.39, 0.29) is 5.91 Å². The number of carbonyl (C=O) groups excluding carboxylic acids is 1. The van der Waals surface area contributed by atoms with Gasteiger partial charge in [-0.15, -0.1) is 0 Å². The minimum atomic E-state index is 0.134. The molecule has 1 aromatic heterocycles. The Labute approximate surface area is 120 Å². The summed E-state index contributed by atoms with van der Waals surface area (Å²) >= 11 is 0. The number of aromatic nitrogens is 2. The van der Waals surface area contributed by atoms with E-state index >= 15 is 0 Å². The first-order valence-corrected chi connectivity index (χ1v) is 7.16. The number of nitrogens with one attached hydrogen (secondary N) is 1. The normalized spacial score (nSPS) is 11.2. The minimum Gasteiger partial charge on any atom is -0.356 e. The van der Waals surface area contributed by atoms with Gasteiger partial charge >= 0.3 is 0 Å². The van der Waals surface area contributed by atoms with E-state index in [1.165, 1.54) is 5.56 Å². The minimum absolute atomic E-state index is 0.134. The zero-order chi connectivity index (χ0) is 14.7. The average Bonchev–Trinajstić information content (AvgIpc) is 2.64. The summed E-state index contributed by atoms with van der Waals surface area (Å²) in [6.45, 7) is 6.79. The molecule has 0 aliphatic heterocycles. The van der Waals surface area contributed by atoms with Gasteiger partial charge in [0.25, 0.3) is 0 Å². The fourth-order valence-corrected chi connectivity index (χ4v) is 2.31. The monoisotopic (exact) mass is 273 g/mol. The summed E-state index contributed by atoms with van der Waals surface area (Å²) in [7, 11) is 2.02. The van der Waals surface area contributed by atoms with Gasteiger partial charge < -0.3 is 9.88 Å². The van der Waals surface area contributed by atoms with Crippen LogP contribution in [0.15, 0.2) is 18.2 Å². The van der Waals surface area contributed by atoms with Crippen molar-refractivity contribution in [3.63, 3.8) is 0 Å². The molecule has 0 aliphatic rings. The number of aryl methyl sites for hydroxylation is 2. The molecule has 2 rings (SSSR count). The summed E-state index contributed by atoms with van der Waals surface area (Å²) in [4.78, 5) is 16.1. The Hall–Kier alpha value is -1.84. The van der Waals surface area contributed by atoms with Crippen LogP contribution in [0.4, 0.5) is 0 Å². The van der Waals surface area contributed by atoms with Crippen LogP contribution in [0.5, 0.6) is 0 Å². The molecule has 1 amide bonds. The Balaban J connectivity index is 1.95. The molecule has 0 fully saturated rings. The highest BCUT2D eigenvalue weighted by Crippen LogP contribution is 2.16. The lowest BCUT2D eigenvalue weighted by Crippen LogP contribution is -2.26. The average molecular weight is 273 g/mol. The Morgan fingerprint density at radius 1 is 1.40 bits per heavy atom. The third-order valence-electron chi connectivity index (χ3n) is 3.50. The van der Waals surface area contributed by atoms with Gasteiger partial charge in [-0.05, 0) is 37.0 Å². The van der Waals surface area contributed by atoms with Crippen molar-refractivity contribution in [3.8, 4) is 0 Å². The number of rotatable bonds is 5. The van der Waals surface area contributed by atoms with Crippen molar-refractivity contribution in [1.82, 2.24) is 14.9 Å². The Bertz CT molecular complexity index is 613. The number of imidazole rings is 1. The zero-order valence-corrected chi connectivity index (χ0v) is 12.7. The van der Waals surface area contributed by atoms with E-state index in [4.69, 9.17) is 0 Å². The summed E-state index contributed by atoms with van der Waals surface area (Å²) in [5, 5.41) is 2.96. The smallest absolute Gasteiger partial charge is 0.220 e. The number of amides is 1. The molecule has 20 heavy (non-hydrogen) atoms. The Morgan fingerprint density at radius 3 is 2.85 bits per heavy atom. The van der Waals surface area contributed by atoms with E-state index in [2.05, 4.69) is 46.9 Å². The van der Waals surface area contributed by atoms with Gasteiger partial charge in [0, 0.05) is 20.0 Å². The fourth-order valence-electron chi connectivity index (χ4n) is 2.31. The molecule has 0 radical (unpaired) electrons. The van der Waals surface area contributed by atoms with Crippen LogP contribution in [0.1, 0.15) is 31.7 Å². The maximum Gasteiger partial charge on any atom is 0.220 e. The first-order valence-electron chi connectivity index (χ1n) is 7.16. The predicted octanol–water partition coefficient (Wildman–Crippen LogP) is 2.59. The van der Waals surface area contributed by atoms with Gasteiger partial charge in [-0.25, -0.2) is 4.98 Å². The largest absolute Gasteiger partial charge is 0.356 e. The quantitative estimate of drug-likeness (QED) is 0.910. The van der Waals surface area contributed by atoms with Gasteiger partial charge in [-0.2, -0.15) is 0 Å². The van der Waals surface area contributed by atoms with E-state index in [0.717, 1.165) is 23.3 Å². The molecule has 0 aliphatic carbocycles. The highest BCUT2D eigenvalue weighted by molar-refractivity contribution is 5.77. The number of hydrogen-bond donors (Lipinski definition) is 1. The van der Waals surface area contributed by atoms with E-state index in [1.807, 2.05) is 14.0 Å². The topological polar surface area (TPSA) is 46.9 Å². The van der Waals surface area contributed by atoms with Crippen LogP contribution in [-0.4, -0.2) is 22.0 Å². The molecule has 0 saturated carbocycles. The highest BCUT2D eigenvalue weighted by atomic mass is 16.1. The molecule has 1 aromatic carbocycles. The lowest BCUT2D eigenvalue weighted by molar-refractivity contribution is -0.121. The number of nitrogens with zero attached hydrogens (tertiary/aromatic N) is 2. The summed E-state index contributed by atoms with van der Waals surface area (Å²) in [6.07, 6.45) is 1.44. The maximum atomic E-state index is 11.6. The highest BCUT2D eigenvalue weighted by Gasteiger charge is 2.06. The number of benzene rings is 1. The lowest BCUT2D eigenvalue weighted by Gasteiger charge is -2.07. The molecule has 2 aromatic rings. The van der Waals surface area contributed by atoms with Crippen LogP contribution in [0.2, 0.25) is 0 Å². The van der Waals surface area contributed by atoms with E-state index in [0.29, 0.717) is 18.9 Å². The second kappa shape index (κ2) is 6.07. The SMILES string of the molecule is Cc1nc2cc(CCNC(=O)CC(C)C)ccc2n1C. The van der Waals surface area contributed by atoms with Crippen molar-refractivity contribution in [2.75, 3.05) is 6.54 Å². The van der Waals surface area contributed by atoms with Crippen LogP contribution >= 0.6 is 0 Å². The van der Waals surface area contributed by atoms with Gasteiger partial charge in [0.1, 0.15) is 5.82 Å². The van der Waals surface area contributed by atoms with Crippen molar-refractivity contribution in [2.24, 2.45) is 13.0 Å². The second-order valence-corrected chi connectivity index (χ2v) is 5.74. The number of carbonyl (C=O) groups is 1. The molecule has 0 bridgehead atoms. The van der Waals surface area contributed by atoms with E-state index in [9.17, 15) is 4.79 Å². The predicted molar refractivity (Wildman–Crippen MR) is 81.6 cm³/mol. The molecule has 108 valence electrons. The van der Waals surface area contributed by atoms with E-state index in [1.54, 1.807) is 0 Å². The van der Waals surface area contributed by atoms with Crippen molar-refractivity contribution >= 4 is 16.9 Å². The molecule has 1 N–H and O–H groups in total. The molecule has 4 nitrogen and oxygen atoms in total. The summed E-state index contributed by atoms with van der Waals surface area (Å²) in [5.74, 6) is 1.56. The van der Waals surface area contributed by atoms with Crippen LogP contribution < -0.4 is 5.32 Å². The van der Waals surface area contributed by atoms with Gasteiger partial charge in [0.05, 0.1) is 11.0 Å². The van der Waals surface area contributed by atoms with Crippen molar-refractivity contribution in [3.05, 3.63) is 29.6 Å². The molecular weight excluding hydrogens is 250 g/mol. The van der Waals surface area contributed by atoms with Crippen LogP contribution in [-0.2, 0) is 18.3 Å². The molecule has 0 spiro atoms. The Kier molecular flexibility index (Phi) is 4.42. The third kappa shape index (κ3) is 3.38. The fraction of sp³-hybridized carbons (Fsp3) is 0.500. The second-order valence-electron chi connectivity index (χ2n) is 5.74. The summed E-state index contributed by atoms with van der Waals surface area (Å²) < 4.78 is 2.09. The van der Waals surface area contributed by atoms with Crippen molar-refractivity contribution in [2.45, 2.75) is 33.6 Å². The third-order valence-corrected chi connectivity index (χ3v) is 3.50. The zero-order valence-electron chi connectivity index (χ0n) is 12.7. The molecular formula is C16H23N3O. The van der Waals surface area contributed by atoms with Crippen molar-refractivity contribution < 1.29 is 4.79 Å².